The number of ether oxygens (including phenoxy) is 2. The minimum Gasteiger partial charge on any atom is -0.872 e. The molecule has 1 saturated carbocycles. The molecule has 2 aromatic rings. The van der Waals surface area contributed by atoms with Crippen LogP contribution in [0.2, 0.25) is 0 Å². The normalized spacial score (nSPS) is 19.2. The Labute approximate surface area is 181 Å². The summed E-state index contributed by atoms with van der Waals surface area (Å²) in [5.74, 6) is 0.840. The van der Waals surface area contributed by atoms with Crippen LogP contribution in [0.15, 0.2) is 46.4 Å². The standard InChI is InChI=1S/C22H26N2O4.Co/c1-27-17-9-7-15(21(25)11-17)13-23-19-5-3-4-6-20(19)24-14-16-8-10-18(28-2)12-22(16)26;/h7-14,19-20,25-26H,3-6H2,1-2H3;/q;+2/p-2/t19-,20-;/m1./s1. The Morgan fingerprint density at radius 3 is 1.55 bits per heavy atom. The van der Waals surface area contributed by atoms with E-state index in [9.17, 15) is 10.2 Å². The number of methoxy groups -OCH3 is 2. The van der Waals surface area contributed by atoms with E-state index in [1.54, 1.807) is 36.7 Å². The van der Waals surface area contributed by atoms with Gasteiger partial charge in [-0.05, 0) is 48.2 Å². The van der Waals surface area contributed by atoms with Crippen LogP contribution in [0.5, 0.6) is 23.0 Å². The van der Waals surface area contributed by atoms with Crippen LogP contribution in [-0.2, 0) is 16.8 Å². The molecule has 0 aromatic heterocycles. The molecule has 155 valence electrons. The molecule has 0 amide bonds. The Morgan fingerprint density at radius 1 is 0.793 bits per heavy atom. The molecular weight excluding hydrogens is 415 g/mol. The smallest absolute Gasteiger partial charge is 0.872 e. The van der Waals surface area contributed by atoms with Crippen LogP contribution in [0.3, 0.4) is 0 Å². The maximum Gasteiger partial charge on any atom is 2.00 e. The molecule has 1 fully saturated rings. The van der Waals surface area contributed by atoms with Gasteiger partial charge in [-0.25, -0.2) is 0 Å². The molecule has 0 saturated heterocycles. The van der Waals surface area contributed by atoms with Gasteiger partial charge >= 0.3 is 16.8 Å². The average molecular weight is 439 g/mol. The van der Waals surface area contributed by atoms with E-state index in [1.165, 1.54) is 26.4 Å². The van der Waals surface area contributed by atoms with Crippen molar-refractivity contribution in [3.05, 3.63) is 47.5 Å². The quantitative estimate of drug-likeness (QED) is 0.648. The predicted molar refractivity (Wildman–Crippen MR) is 106 cm³/mol. The molecular formula is C22H24CoN2O4. The summed E-state index contributed by atoms with van der Waals surface area (Å²) < 4.78 is 10.1. The third kappa shape index (κ3) is 5.98. The Kier molecular flexibility index (Phi) is 8.54. The zero-order valence-corrected chi connectivity index (χ0v) is 17.5. The minimum atomic E-state index is -0.117. The number of hydrogen-bond acceptors (Lipinski definition) is 6. The first-order valence-corrected chi connectivity index (χ1v) is 9.37. The number of benzene rings is 2. The summed E-state index contributed by atoms with van der Waals surface area (Å²) in [6.07, 6.45) is 7.25. The maximum atomic E-state index is 12.1. The molecule has 0 aliphatic heterocycles. The zero-order valence-electron chi connectivity index (χ0n) is 16.5. The van der Waals surface area contributed by atoms with Crippen molar-refractivity contribution in [1.82, 2.24) is 0 Å². The van der Waals surface area contributed by atoms with Crippen molar-refractivity contribution in [3.63, 3.8) is 0 Å². The van der Waals surface area contributed by atoms with Crippen molar-refractivity contribution in [1.29, 1.82) is 0 Å². The summed E-state index contributed by atoms with van der Waals surface area (Å²) in [4.78, 5) is 9.27. The van der Waals surface area contributed by atoms with Crippen molar-refractivity contribution in [2.45, 2.75) is 37.8 Å². The van der Waals surface area contributed by atoms with Gasteiger partial charge in [0.25, 0.3) is 0 Å². The topological polar surface area (TPSA) is 89.3 Å². The Morgan fingerprint density at radius 2 is 1.21 bits per heavy atom. The van der Waals surface area contributed by atoms with Crippen molar-refractivity contribution in [3.8, 4) is 23.0 Å². The molecule has 0 heterocycles. The molecule has 29 heavy (non-hydrogen) atoms. The van der Waals surface area contributed by atoms with E-state index in [0.29, 0.717) is 22.6 Å². The van der Waals surface area contributed by atoms with Gasteiger partial charge in [0, 0.05) is 12.4 Å². The predicted octanol–water partition coefficient (Wildman–Crippen LogP) is 2.70. The summed E-state index contributed by atoms with van der Waals surface area (Å²) in [6, 6.07) is 9.84. The van der Waals surface area contributed by atoms with E-state index in [2.05, 4.69) is 9.98 Å². The third-order valence-electron chi connectivity index (χ3n) is 4.95. The zero-order chi connectivity index (χ0) is 19.9. The molecule has 1 radical (unpaired) electrons. The van der Waals surface area contributed by atoms with Gasteiger partial charge in [-0.15, -0.1) is 0 Å². The molecule has 0 spiro atoms. The van der Waals surface area contributed by atoms with Crippen molar-refractivity contribution < 1.29 is 36.5 Å². The fraction of sp³-hybridized carbons (Fsp3) is 0.364. The van der Waals surface area contributed by atoms with Crippen molar-refractivity contribution >= 4 is 12.4 Å². The van der Waals surface area contributed by atoms with E-state index in [1.807, 2.05) is 0 Å². The summed E-state index contributed by atoms with van der Waals surface area (Å²) in [5.41, 5.74) is 1.07. The van der Waals surface area contributed by atoms with E-state index >= 15 is 0 Å². The molecule has 2 aromatic carbocycles. The van der Waals surface area contributed by atoms with Gasteiger partial charge in [0.15, 0.2) is 0 Å². The number of aliphatic imine (C=N–C) groups is 2. The second-order valence-electron chi connectivity index (χ2n) is 6.78. The molecule has 3 rings (SSSR count). The van der Waals surface area contributed by atoms with E-state index in [4.69, 9.17) is 9.47 Å². The summed E-state index contributed by atoms with van der Waals surface area (Å²) in [6.45, 7) is 0. The first-order valence-electron chi connectivity index (χ1n) is 9.37. The van der Waals surface area contributed by atoms with Gasteiger partial charge in [0.1, 0.15) is 11.5 Å². The van der Waals surface area contributed by atoms with E-state index in [0.717, 1.165) is 25.7 Å². The summed E-state index contributed by atoms with van der Waals surface area (Å²) >= 11 is 0. The molecule has 1 aliphatic rings. The molecule has 2 atom stereocenters. The van der Waals surface area contributed by atoms with Crippen LogP contribution in [-0.4, -0.2) is 38.7 Å². The molecule has 0 N–H and O–H groups in total. The number of rotatable bonds is 6. The molecule has 7 heteroatoms. The van der Waals surface area contributed by atoms with Crippen LogP contribution < -0.4 is 19.7 Å². The average Bonchev–Trinajstić information content (AvgIpc) is 2.72. The number of hydrogen-bond donors (Lipinski definition) is 0. The second kappa shape index (κ2) is 10.9. The van der Waals surface area contributed by atoms with Crippen LogP contribution in [0.1, 0.15) is 36.8 Å². The van der Waals surface area contributed by atoms with Gasteiger partial charge < -0.3 is 19.7 Å². The first kappa shape index (κ1) is 22.8. The van der Waals surface area contributed by atoms with Crippen molar-refractivity contribution in [2.75, 3.05) is 14.2 Å². The van der Waals surface area contributed by atoms with E-state index in [-0.39, 0.29) is 40.4 Å². The fourth-order valence-corrected chi connectivity index (χ4v) is 3.29. The molecule has 0 unspecified atom stereocenters. The van der Waals surface area contributed by atoms with Gasteiger partial charge in [0.2, 0.25) is 0 Å². The van der Waals surface area contributed by atoms with Crippen LogP contribution in [0.25, 0.3) is 0 Å². The maximum absolute atomic E-state index is 12.1. The minimum absolute atomic E-state index is 0. The number of nitrogens with zero attached hydrogens (tertiary/aromatic N) is 2. The fourth-order valence-electron chi connectivity index (χ4n) is 3.29. The first-order chi connectivity index (χ1) is 13.6. The molecule has 6 nitrogen and oxygen atoms in total. The van der Waals surface area contributed by atoms with Crippen LogP contribution in [0, 0.1) is 0 Å². The summed E-state index contributed by atoms with van der Waals surface area (Å²) in [7, 11) is 3.06. The Bertz CT molecular complexity index is 798. The van der Waals surface area contributed by atoms with Gasteiger partial charge in [-0.2, -0.15) is 0 Å². The SMILES string of the molecule is COc1ccc(C=N[C@@H]2CCCC[C@H]2N=Cc2ccc(OC)cc2[O-])c([O-])c1.[Co+2]. The molecule has 1 aliphatic carbocycles. The largest absolute Gasteiger partial charge is 2.00 e. The molecule has 0 bridgehead atoms. The van der Waals surface area contributed by atoms with Crippen LogP contribution >= 0.6 is 0 Å². The van der Waals surface area contributed by atoms with Gasteiger partial charge in [-0.3, -0.25) is 9.98 Å². The Hall–Kier alpha value is -2.51. The van der Waals surface area contributed by atoms with Gasteiger partial charge in [0.05, 0.1) is 26.3 Å². The third-order valence-corrected chi connectivity index (χ3v) is 4.95. The monoisotopic (exact) mass is 439 g/mol. The van der Waals surface area contributed by atoms with E-state index < -0.39 is 0 Å². The Balaban J connectivity index is 0.00000300. The van der Waals surface area contributed by atoms with Crippen LogP contribution in [0.4, 0.5) is 0 Å². The second-order valence-corrected chi connectivity index (χ2v) is 6.78. The van der Waals surface area contributed by atoms with Gasteiger partial charge in [-0.1, -0.05) is 36.5 Å². The van der Waals surface area contributed by atoms with Crippen molar-refractivity contribution in [2.24, 2.45) is 9.98 Å². The summed E-state index contributed by atoms with van der Waals surface area (Å²) in [5, 5.41) is 24.2.